The smallest absolute Gasteiger partial charge is 0.253 e. The van der Waals surface area contributed by atoms with Gasteiger partial charge in [-0.1, -0.05) is 23.7 Å². The minimum Gasteiger partial charge on any atom is -0.381 e. The van der Waals surface area contributed by atoms with Gasteiger partial charge in [-0.2, -0.15) is 0 Å². The number of aromatic nitrogens is 1. The van der Waals surface area contributed by atoms with Crippen LogP contribution in [0.1, 0.15) is 54.6 Å². The molecule has 0 atom stereocenters. The van der Waals surface area contributed by atoms with Gasteiger partial charge in [0.2, 0.25) is 0 Å². The number of halogens is 1. The van der Waals surface area contributed by atoms with Gasteiger partial charge in [-0.3, -0.25) is 4.79 Å². The molecule has 0 aliphatic heterocycles. The van der Waals surface area contributed by atoms with Gasteiger partial charge in [0.1, 0.15) is 5.76 Å². The number of carbonyl (C=O) groups excluding carboxylic acids is 1. The summed E-state index contributed by atoms with van der Waals surface area (Å²) in [5.41, 5.74) is 2.94. The van der Waals surface area contributed by atoms with E-state index in [1.807, 2.05) is 40.7 Å². The molecule has 0 unspecified atom stereocenters. The lowest BCUT2D eigenvalue weighted by Gasteiger charge is -2.24. The number of amides is 1. The van der Waals surface area contributed by atoms with Crippen LogP contribution in [0.25, 0.3) is 0 Å². The number of nitrogens with one attached hydrogen (secondary N) is 2. The van der Waals surface area contributed by atoms with Gasteiger partial charge in [0, 0.05) is 23.3 Å². The summed E-state index contributed by atoms with van der Waals surface area (Å²) in [5, 5.41) is 10.6. The summed E-state index contributed by atoms with van der Waals surface area (Å²) in [6, 6.07) is 5.34. The van der Waals surface area contributed by atoms with Crippen molar-refractivity contribution < 1.29 is 9.32 Å². The highest BCUT2D eigenvalue weighted by atomic mass is 35.5. The summed E-state index contributed by atoms with van der Waals surface area (Å²) in [6.45, 7) is 10.4. The molecule has 1 heterocycles. The first-order valence-corrected chi connectivity index (χ1v) is 8.39. The predicted octanol–water partition coefficient (Wildman–Crippen LogP) is 4.48. The molecule has 1 aromatic carbocycles. The number of rotatable bonds is 6. The van der Waals surface area contributed by atoms with Crippen molar-refractivity contribution in [2.24, 2.45) is 0 Å². The number of aryl methyl sites for hydroxylation is 2. The Kier molecular flexibility index (Phi) is 5.54. The van der Waals surface area contributed by atoms with E-state index in [1.54, 1.807) is 12.1 Å². The van der Waals surface area contributed by atoms with Crippen molar-refractivity contribution in [3.05, 3.63) is 45.8 Å². The first-order valence-electron chi connectivity index (χ1n) is 8.01. The highest BCUT2D eigenvalue weighted by molar-refractivity contribution is 6.34. The number of nitrogens with zero attached hydrogens (tertiary/aromatic N) is 1. The van der Waals surface area contributed by atoms with E-state index in [4.69, 9.17) is 16.1 Å². The Labute approximate surface area is 147 Å². The lowest BCUT2D eigenvalue weighted by Crippen LogP contribution is -2.42. The molecule has 0 saturated heterocycles. The van der Waals surface area contributed by atoms with Gasteiger partial charge in [-0.15, -0.1) is 0 Å². The Morgan fingerprint density at radius 2 is 2.04 bits per heavy atom. The van der Waals surface area contributed by atoms with Crippen LogP contribution in [-0.4, -0.2) is 16.6 Å². The maximum Gasteiger partial charge on any atom is 0.253 e. The van der Waals surface area contributed by atoms with Crippen molar-refractivity contribution in [3.63, 3.8) is 0 Å². The molecule has 1 aromatic heterocycles. The average molecular weight is 350 g/mol. The molecule has 0 saturated carbocycles. The first-order chi connectivity index (χ1) is 11.2. The van der Waals surface area contributed by atoms with Crippen molar-refractivity contribution in [3.8, 4) is 0 Å². The van der Waals surface area contributed by atoms with E-state index in [0.29, 0.717) is 17.1 Å². The Balaban J connectivity index is 2.08. The fourth-order valence-corrected chi connectivity index (χ4v) is 2.48. The number of carbonyl (C=O) groups is 1. The van der Waals surface area contributed by atoms with Crippen molar-refractivity contribution in [1.29, 1.82) is 0 Å². The predicted molar refractivity (Wildman–Crippen MR) is 96.6 cm³/mol. The summed E-state index contributed by atoms with van der Waals surface area (Å²) >= 11 is 6.29. The van der Waals surface area contributed by atoms with Gasteiger partial charge in [-0.25, -0.2) is 0 Å². The van der Waals surface area contributed by atoms with Gasteiger partial charge in [0.05, 0.1) is 16.3 Å². The average Bonchev–Trinajstić information content (AvgIpc) is 2.83. The summed E-state index contributed by atoms with van der Waals surface area (Å²) < 4.78 is 5.15. The molecule has 2 aromatic rings. The molecule has 1 amide bonds. The van der Waals surface area contributed by atoms with Gasteiger partial charge in [-0.05, 0) is 52.3 Å². The topological polar surface area (TPSA) is 67.2 Å². The van der Waals surface area contributed by atoms with Crippen LogP contribution in [0.3, 0.4) is 0 Å². The minimum absolute atomic E-state index is 0.163. The summed E-state index contributed by atoms with van der Waals surface area (Å²) in [6.07, 6.45) is 0.841. The summed E-state index contributed by atoms with van der Waals surface area (Å²) in [5.74, 6) is 0.632. The second kappa shape index (κ2) is 7.26. The molecule has 0 radical (unpaired) electrons. The lowest BCUT2D eigenvalue weighted by atomic mass is 10.0. The number of hydrogen-bond acceptors (Lipinski definition) is 4. The van der Waals surface area contributed by atoms with Crippen LogP contribution < -0.4 is 10.6 Å². The van der Waals surface area contributed by atoms with Crippen molar-refractivity contribution in [2.45, 2.75) is 53.1 Å². The third-order valence-corrected chi connectivity index (χ3v) is 4.51. The standard InChI is InChI=1S/C18H24ClN3O2/c1-6-18(4,5)21-17(23)14-8-7-13(9-16(14)19)20-10-15-11(2)22-24-12(15)3/h7-9,20H,6,10H2,1-5H3,(H,21,23). The van der Waals surface area contributed by atoms with E-state index in [9.17, 15) is 4.79 Å². The summed E-state index contributed by atoms with van der Waals surface area (Å²) in [7, 11) is 0. The first kappa shape index (κ1) is 18.3. The number of anilines is 1. The lowest BCUT2D eigenvalue weighted by molar-refractivity contribution is 0.0911. The molecule has 2 N–H and O–H groups in total. The van der Waals surface area contributed by atoms with Crippen LogP contribution in [0.15, 0.2) is 22.7 Å². The van der Waals surface area contributed by atoms with Crippen LogP contribution in [0.5, 0.6) is 0 Å². The molecule has 24 heavy (non-hydrogen) atoms. The van der Waals surface area contributed by atoms with Crippen LogP contribution in [0, 0.1) is 13.8 Å². The number of hydrogen-bond donors (Lipinski definition) is 2. The summed E-state index contributed by atoms with van der Waals surface area (Å²) in [4.78, 5) is 12.3. The molecule has 130 valence electrons. The van der Waals surface area contributed by atoms with E-state index in [0.717, 1.165) is 29.1 Å². The van der Waals surface area contributed by atoms with Crippen molar-refractivity contribution in [1.82, 2.24) is 10.5 Å². The Hall–Kier alpha value is -2.01. The van der Waals surface area contributed by atoms with Crippen LogP contribution in [0.4, 0.5) is 5.69 Å². The Morgan fingerprint density at radius 1 is 1.33 bits per heavy atom. The Morgan fingerprint density at radius 3 is 2.58 bits per heavy atom. The molecule has 5 nitrogen and oxygen atoms in total. The van der Waals surface area contributed by atoms with Gasteiger partial charge in [0.25, 0.3) is 5.91 Å². The maximum atomic E-state index is 12.3. The maximum absolute atomic E-state index is 12.3. The highest BCUT2D eigenvalue weighted by Crippen LogP contribution is 2.23. The number of benzene rings is 1. The third-order valence-electron chi connectivity index (χ3n) is 4.20. The molecule has 0 fully saturated rings. The molecular formula is C18H24ClN3O2. The van der Waals surface area contributed by atoms with E-state index in [-0.39, 0.29) is 11.4 Å². The largest absolute Gasteiger partial charge is 0.381 e. The molecule has 0 bridgehead atoms. The zero-order valence-corrected chi connectivity index (χ0v) is 15.5. The highest BCUT2D eigenvalue weighted by Gasteiger charge is 2.20. The molecular weight excluding hydrogens is 326 g/mol. The molecule has 0 spiro atoms. The van der Waals surface area contributed by atoms with Gasteiger partial charge in [0.15, 0.2) is 0 Å². The fraction of sp³-hybridized carbons (Fsp3) is 0.444. The van der Waals surface area contributed by atoms with Gasteiger partial charge < -0.3 is 15.2 Å². The third kappa shape index (κ3) is 4.29. The second-order valence-corrected chi connectivity index (χ2v) is 6.95. The SMILES string of the molecule is CCC(C)(C)NC(=O)c1ccc(NCc2c(C)noc2C)cc1Cl. The van der Waals surface area contributed by atoms with Crippen LogP contribution >= 0.6 is 11.6 Å². The van der Waals surface area contributed by atoms with E-state index >= 15 is 0 Å². The van der Waals surface area contributed by atoms with E-state index < -0.39 is 0 Å². The van der Waals surface area contributed by atoms with E-state index in [1.165, 1.54) is 0 Å². The van der Waals surface area contributed by atoms with Crippen molar-refractivity contribution >= 4 is 23.2 Å². The normalized spacial score (nSPS) is 11.4. The van der Waals surface area contributed by atoms with E-state index in [2.05, 4.69) is 15.8 Å². The monoisotopic (exact) mass is 349 g/mol. The molecule has 0 aliphatic rings. The fourth-order valence-electron chi connectivity index (χ4n) is 2.22. The molecule has 0 aliphatic carbocycles. The van der Waals surface area contributed by atoms with Gasteiger partial charge >= 0.3 is 0 Å². The van der Waals surface area contributed by atoms with Crippen LogP contribution in [0.2, 0.25) is 5.02 Å². The second-order valence-electron chi connectivity index (χ2n) is 6.54. The molecule has 6 heteroatoms. The zero-order chi connectivity index (χ0) is 17.9. The van der Waals surface area contributed by atoms with Crippen molar-refractivity contribution in [2.75, 3.05) is 5.32 Å². The Bertz CT molecular complexity index is 718. The van der Waals surface area contributed by atoms with Crippen LogP contribution in [-0.2, 0) is 6.54 Å². The quantitative estimate of drug-likeness (QED) is 0.807. The minimum atomic E-state index is -0.263. The molecule has 2 rings (SSSR count). The zero-order valence-electron chi connectivity index (χ0n) is 14.8.